The largest absolute Gasteiger partial charge is 0.462 e. The molecule has 3 heterocycles. The van der Waals surface area contributed by atoms with Crippen LogP contribution < -0.4 is 4.90 Å². The summed E-state index contributed by atoms with van der Waals surface area (Å²) < 4.78 is 10.4. The molecule has 10 nitrogen and oxygen atoms in total. The van der Waals surface area contributed by atoms with Gasteiger partial charge >= 0.3 is 5.97 Å². The van der Waals surface area contributed by atoms with Crippen LogP contribution in [0, 0.1) is 11.3 Å². The summed E-state index contributed by atoms with van der Waals surface area (Å²) in [5.74, 6) is 1.50. The van der Waals surface area contributed by atoms with Crippen molar-refractivity contribution in [1.29, 1.82) is 5.26 Å². The molecule has 0 unspecified atom stereocenters. The predicted molar refractivity (Wildman–Crippen MR) is 123 cm³/mol. The van der Waals surface area contributed by atoms with Crippen LogP contribution in [0.15, 0.2) is 41.2 Å². The van der Waals surface area contributed by atoms with Crippen LogP contribution in [-0.2, 0) is 17.8 Å². The Morgan fingerprint density at radius 3 is 2.59 bits per heavy atom. The topological polar surface area (TPSA) is 121 Å². The molecular weight excluding hydrogens is 434 g/mol. The SMILES string of the molecule is CCOC(=O)c1cnc(N(C)Cc2nc(C3CCN(Cc4ccc(C#N)cc4)CC3)no2)nc1. The van der Waals surface area contributed by atoms with Gasteiger partial charge < -0.3 is 14.2 Å². The third-order valence-electron chi connectivity index (χ3n) is 5.79. The van der Waals surface area contributed by atoms with E-state index in [1.54, 1.807) is 11.8 Å². The molecule has 2 aromatic heterocycles. The average molecular weight is 462 g/mol. The molecule has 1 aliphatic rings. The molecule has 0 atom stereocenters. The molecule has 0 amide bonds. The molecule has 0 radical (unpaired) electrons. The Hall–Kier alpha value is -3.84. The molecule has 0 bridgehead atoms. The zero-order valence-electron chi connectivity index (χ0n) is 19.3. The van der Waals surface area contributed by atoms with Crippen molar-refractivity contribution in [3.8, 4) is 6.07 Å². The number of carbonyl (C=O) groups is 1. The fourth-order valence-corrected chi connectivity index (χ4v) is 3.90. The van der Waals surface area contributed by atoms with E-state index in [1.807, 2.05) is 31.3 Å². The van der Waals surface area contributed by atoms with Gasteiger partial charge in [-0.2, -0.15) is 10.2 Å². The molecule has 0 N–H and O–H groups in total. The molecule has 176 valence electrons. The van der Waals surface area contributed by atoms with Crippen molar-refractivity contribution >= 4 is 11.9 Å². The predicted octanol–water partition coefficient (Wildman–Crippen LogP) is 2.92. The standard InChI is InChI=1S/C24H27N7O3/c1-3-33-23(32)20-13-26-24(27-14-20)30(2)16-21-28-22(29-34-21)19-8-10-31(11-9-19)15-18-6-4-17(12-25)5-7-18/h4-7,13-14,19H,3,8-11,15-16H2,1-2H3. The molecular formula is C24H27N7O3. The molecule has 3 aromatic rings. The third-order valence-corrected chi connectivity index (χ3v) is 5.79. The quantitative estimate of drug-likeness (QED) is 0.463. The van der Waals surface area contributed by atoms with Crippen molar-refractivity contribution in [3.05, 3.63) is 65.1 Å². The van der Waals surface area contributed by atoms with Crippen molar-refractivity contribution in [2.45, 2.75) is 38.8 Å². The van der Waals surface area contributed by atoms with E-state index < -0.39 is 5.97 Å². The summed E-state index contributed by atoms with van der Waals surface area (Å²) in [7, 11) is 1.82. The zero-order valence-corrected chi connectivity index (χ0v) is 19.3. The van der Waals surface area contributed by atoms with Gasteiger partial charge in [-0.05, 0) is 50.6 Å². The highest BCUT2D eigenvalue weighted by Crippen LogP contribution is 2.27. The van der Waals surface area contributed by atoms with Crippen molar-refractivity contribution in [2.24, 2.45) is 0 Å². The number of piperidine rings is 1. The molecule has 1 aliphatic heterocycles. The maximum atomic E-state index is 11.7. The lowest BCUT2D eigenvalue weighted by atomic mass is 9.96. The summed E-state index contributed by atoms with van der Waals surface area (Å²) in [6.45, 7) is 5.19. The Balaban J connectivity index is 1.28. The Bertz CT molecular complexity index is 1130. The molecule has 1 aromatic carbocycles. The molecule has 1 saturated heterocycles. The van der Waals surface area contributed by atoms with Gasteiger partial charge in [-0.25, -0.2) is 14.8 Å². The minimum Gasteiger partial charge on any atom is -0.462 e. The number of rotatable bonds is 8. The molecule has 10 heteroatoms. The number of carbonyl (C=O) groups excluding carboxylic acids is 1. The van der Waals surface area contributed by atoms with Crippen LogP contribution in [0.1, 0.15) is 58.9 Å². The second kappa shape index (κ2) is 10.9. The van der Waals surface area contributed by atoms with Gasteiger partial charge in [0.05, 0.1) is 30.3 Å². The first-order valence-corrected chi connectivity index (χ1v) is 11.3. The van der Waals surface area contributed by atoms with Crippen LogP contribution in [-0.4, -0.2) is 57.7 Å². The smallest absolute Gasteiger partial charge is 0.341 e. The van der Waals surface area contributed by atoms with Crippen LogP contribution in [0.25, 0.3) is 0 Å². The van der Waals surface area contributed by atoms with E-state index in [0.29, 0.717) is 36.1 Å². The van der Waals surface area contributed by atoms with Crippen molar-refractivity contribution in [2.75, 3.05) is 31.6 Å². The van der Waals surface area contributed by atoms with Gasteiger partial charge in [0.1, 0.15) is 0 Å². The summed E-state index contributed by atoms with van der Waals surface area (Å²) in [4.78, 5) is 29.0. The van der Waals surface area contributed by atoms with E-state index >= 15 is 0 Å². The van der Waals surface area contributed by atoms with Crippen LogP contribution in [0.3, 0.4) is 0 Å². The lowest BCUT2D eigenvalue weighted by Gasteiger charge is -2.30. The van der Waals surface area contributed by atoms with E-state index in [4.69, 9.17) is 14.5 Å². The highest BCUT2D eigenvalue weighted by Gasteiger charge is 2.25. The second-order valence-corrected chi connectivity index (χ2v) is 8.25. The number of aromatic nitrogens is 4. The first-order chi connectivity index (χ1) is 16.6. The van der Waals surface area contributed by atoms with Crippen LogP contribution >= 0.6 is 0 Å². The number of ether oxygens (including phenoxy) is 1. The number of anilines is 1. The zero-order chi connectivity index (χ0) is 23.9. The van der Waals surface area contributed by atoms with E-state index in [2.05, 4.69) is 31.1 Å². The van der Waals surface area contributed by atoms with Gasteiger partial charge in [0, 0.05) is 31.9 Å². The van der Waals surface area contributed by atoms with Gasteiger partial charge in [-0.1, -0.05) is 17.3 Å². The van der Waals surface area contributed by atoms with Crippen molar-refractivity contribution in [1.82, 2.24) is 25.0 Å². The lowest BCUT2D eigenvalue weighted by Crippen LogP contribution is -2.32. The second-order valence-electron chi connectivity index (χ2n) is 8.25. The summed E-state index contributed by atoms with van der Waals surface area (Å²) in [5.41, 5.74) is 2.20. The highest BCUT2D eigenvalue weighted by atomic mass is 16.5. The maximum absolute atomic E-state index is 11.7. The molecule has 0 aliphatic carbocycles. The number of likely N-dealkylation sites (tertiary alicyclic amines) is 1. The highest BCUT2D eigenvalue weighted by molar-refractivity contribution is 5.88. The van der Waals surface area contributed by atoms with Gasteiger partial charge in [-0.3, -0.25) is 4.90 Å². The molecule has 1 fully saturated rings. The minimum atomic E-state index is -0.443. The third kappa shape index (κ3) is 5.74. The number of benzene rings is 1. The molecule has 4 rings (SSSR count). The van der Waals surface area contributed by atoms with Crippen LogP contribution in [0.2, 0.25) is 0 Å². The number of nitriles is 1. The Kier molecular flexibility index (Phi) is 7.44. The minimum absolute atomic E-state index is 0.264. The average Bonchev–Trinajstić information content (AvgIpc) is 3.33. The Morgan fingerprint density at radius 2 is 1.94 bits per heavy atom. The maximum Gasteiger partial charge on any atom is 0.341 e. The van der Waals surface area contributed by atoms with Gasteiger partial charge in [-0.15, -0.1) is 0 Å². The van der Waals surface area contributed by atoms with Gasteiger partial charge in [0.25, 0.3) is 0 Å². The molecule has 34 heavy (non-hydrogen) atoms. The normalized spacial score (nSPS) is 14.5. The van der Waals surface area contributed by atoms with E-state index in [0.717, 1.165) is 38.3 Å². The Labute approximate surface area is 198 Å². The fourth-order valence-electron chi connectivity index (χ4n) is 3.90. The number of esters is 1. The fraction of sp³-hybridized carbons (Fsp3) is 0.417. The first-order valence-electron chi connectivity index (χ1n) is 11.3. The van der Waals surface area contributed by atoms with Crippen molar-refractivity contribution in [3.63, 3.8) is 0 Å². The van der Waals surface area contributed by atoms with Crippen LogP contribution in [0.5, 0.6) is 0 Å². The number of nitrogens with zero attached hydrogens (tertiary/aromatic N) is 7. The first kappa shape index (κ1) is 23.3. The van der Waals surface area contributed by atoms with Crippen LogP contribution in [0.4, 0.5) is 5.95 Å². The van der Waals surface area contributed by atoms with Crippen molar-refractivity contribution < 1.29 is 14.1 Å². The van der Waals surface area contributed by atoms with E-state index in [1.165, 1.54) is 18.0 Å². The van der Waals surface area contributed by atoms with Gasteiger partial charge in [0.15, 0.2) is 5.82 Å². The Morgan fingerprint density at radius 1 is 1.24 bits per heavy atom. The summed E-state index contributed by atoms with van der Waals surface area (Å²) in [5, 5.41) is 13.1. The summed E-state index contributed by atoms with van der Waals surface area (Å²) in [6.07, 6.45) is 4.82. The summed E-state index contributed by atoms with van der Waals surface area (Å²) in [6, 6.07) is 9.90. The summed E-state index contributed by atoms with van der Waals surface area (Å²) >= 11 is 0. The number of hydrogen-bond acceptors (Lipinski definition) is 10. The van der Waals surface area contributed by atoms with E-state index in [-0.39, 0.29) is 5.92 Å². The number of hydrogen-bond donors (Lipinski definition) is 0. The lowest BCUT2D eigenvalue weighted by molar-refractivity contribution is 0.0525. The monoisotopic (exact) mass is 461 g/mol. The van der Waals surface area contributed by atoms with E-state index in [9.17, 15) is 4.79 Å². The molecule has 0 saturated carbocycles. The molecule has 0 spiro atoms. The van der Waals surface area contributed by atoms with Gasteiger partial charge in [0.2, 0.25) is 11.8 Å².